The molecule has 0 aliphatic carbocycles. The van der Waals surface area contributed by atoms with E-state index in [1.54, 1.807) is 23.6 Å². The molecule has 1 aromatic heterocycles. The predicted octanol–water partition coefficient (Wildman–Crippen LogP) is 3.67. The van der Waals surface area contributed by atoms with E-state index in [2.05, 4.69) is 5.32 Å². The molecule has 0 radical (unpaired) electrons. The van der Waals surface area contributed by atoms with Gasteiger partial charge in [0.25, 0.3) is 0 Å². The highest BCUT2D eigenvalue weighted by Crippen LogP contribution is 2.45. The first kappa shape index (κ1) is 19.1. The zero-order valence-corrected chi connectivity index (χ0v) is 15.3. The van der Waals surface area contributed by atoms with Crippen LogP contribution in [0.5, 0.6) is 0 Å². The van der Waals surface area contributed by atoms with E-state index in [1.165, 1.54) is 18.2 Å². The Balaban J connectivity index is 2.18. The number of rotatable bonds is 3. The molecule has 2 aromatic rings. The van der Waals surface area contributed by atoms with Gasteiger partial charge in [0.15, 0.2) is 10.9 Å². The molecule has 3 rings (SSSR count). The van der Waals surface area contributed by atoms with Crippen LogP contribution in [0.15, 0.2) is 41.8 Å². The van der Waals surface area contributed by atoms with Crippen molar-refractivity contribution in [3.63, 3.8) is 0 Å². The number of carbonyl (C=O) groups is 1. The Morgan fingerprint density at radius 3 is 2.54 bits per heavy atom. The predicted molar refractivity (Wildman–Crippen MR) is 96.2 cm³/mol. The number of alkyl halides is 3. The third kappa shape index (κ3) is 3.20. The summed E-state index contributed by atoms with van der Waals surface area (Å²) in [6.45, 7) is 0. The highest BCUT2D eigenvalue weighted by Gasteiger charge is 2.66. The van der Waals surface area contributed by atoms with Crippen molar-refractivity contribution in [1.29, 1.82) is 0 Å². The fraction of sp³-hybridized carbons (Fsp3) is 0.250. The molecule has 1 saturated heterocycles. The van der Waals surface area contributed by atoms with Crippen LogP contribution >= 0.6 is 35.2 Å². The highest BCUT2D eigenvalue weighted by molar-refractivity contribution is 7.80. The summed E-state index contributed by atoms with van der Waals surface area (Å²) in [5.41, 5.74) is -3.31. The first-order valence-electron chi connectivity index (χ1n) is 7.35. The van der Waals surface area contributed by atoms with Gasteiger partial charge < -0.3 is 15.7 Å². The second-order valence-electron chi connectivity index (χ2n) is 5.68. The van der Waals surface area contributed by atoms with Crippen LogP contribution in [0.1, 0.15) is 21.3 Å². The smallest absolute Gasteiger partial charge is 0.363 e. The van der Waals surface area contributed by atoms with Gasteiger partial charge in [-0.05, 0) is 35.3 Å². The largest absolute Gasteiger partial charge is 0.437 e. The molecule has 1 aromatic carbocycles. The molecular formula is C16H12ClF3N2O2S2. The van der Waals surface area contributed by atoms with Gasteiger partial charge in [-0.3, -0.25) is 4.79 Å². The number of halogens is 4. The third-order valence-corrected chi connectivity index (χ3v) is 5.54. The number of carbonyl (C=O) groups excluding carboxylic acids is 1. The molecule has 26 heavy (non-hydrogen) atoms. The summed E-state index contributed by atoms with van der Waals surface area (Å²) in [5.74, 6) is -2.81. The minimum absolute atomic E-state index is 0.0890. The van der Waals surface area contributed by atoms with Crippen LogP contribution in [0.3, 0.4) is 0 Å². The standard InChI is InChI=1S/C16H12ClF3N2O2S2/c17-9-5-2-1-4-8(9)12-11(13(23)10-6-3-7-26-10)15(24,16(18,19)20)22-14(25)21-12/h1-7,11-12,24H,(H2,21,22,25)/t11-,12+,15+/m1/s1. The molecule has 1 aliphatic heterocycles. The molecular weight excluding hydrogens is 409 g/mol. The minimum Gasteiger partial charge on any atom is -0.363 e. The number of Topliss-reactive ketones (excluding diaryl/α,β-unsaturated/α-hetero) is 1. The van der Waals surface area contributed by atoms with E-state index in [-0.39, 0.29) is 15.5 Å². The van der Waals surface area contributed by atoms with Gasteiger partial charge in [-0.25, -0.2) is 0 Å². The lowest BCUT2D eigenvalue weighted by molar-refractivity contribution is -0.285. The maximum absolute atomic E-state index is 13.8. The van der Waals surface area contributed by atoms with Gasteiger partial charge in [-0.15, -0.1) is 11.3 Å². The Morgan fingerprint density at radius 2 is 1.96 bits per heavy atom. The SMILES string of the molecule is O=C(c1cccs1)[C@H]1[C@H](c2ccccc2Cl)NC(=S)N[C@@]1(O)C(F)(F)F. The number of nitrogens with one attached hydrogen (secondary N) is 2. The molecule has 3 N–H and O–H groups in total. The lowest BCUT2D eigenvalue weighted by atomic mass is 9.78. The second-order valence-corrected chi connectivity index (χ2v) is 7.44. The summed E-state index contributed by atoms with van der Waals surface area (Å²) in [6.07, 6.45) is -5.16. The van der Waals surface area contributed by atoms with Crippen molar-refractivity contribution in [2.75, 3.05) is 0 Å². The molecule has 0 unspecified atom stereocenters. The van der Waals surface area contributed by atoms with E-state index in [4.69, 9.17) is 23.8 Å². The van der Waals surface area contributed by atoms with Gasteiger partial charge in [0.2, 0.25) is 5.72 Å². The molecule has 1 aliphatic rings. The summed E-state index contributed by atoms with van der Waals surface area (Å²) < 4.78 is 41.3. The van der Waals surface area contributed by atoms with Crippen LogP contribution in [0.4, 0.5) is 13.2 Å². The lowest BCUT2D eigenvalue weighted by Gasteiger charge is -2.46. The molecule has 3 atom stereocenters. The molecule has 0 amide bonds. The van der Waals surface area contributed by atoms with Crippen LogP contribution < -0.4 is 10.6 Å². The van der Waals surface area contributed by atoms with E-state index >= 15 is 0 Å². The number of thiophene rings is 1. The first-order chi connectivity index (χ1) is 12.1. The van der Waals surface area contributed by atoms with Crippen LogP contribution in [0.25, 0.3) is 0 Å². The number of aliphatic hydroxyl groups is 1. The van der Waals surface area contributed by atoms with Crippen LogP contribution in [-0.4, -0.2) is 27.9 Å². The quantitative estimate of drug-likeness (QED) is 0.522. The van der Waals surface area contributed by atoms with Gasteiger partial charge in [-0.2, -0.15) is 13.2 Å². The molecule has 2 heterocycles. The highest BCUT2D eigenvalue weighted by atomic mass is 35.5. The number of ketones is 1. The van der Waals surface area contributed by atoms with Gasteiger partial charge in [0.1, 0.15) is 5.92 Å². The van der Waals surface area contributed by atoms with Crippen molar-refractivity contribution < 1.29 is 23.1 Å². The molecule has 0 spiro atoms. The topological polar surface area (TPSA) is 61.4 Å². The summed E-state index contributed by atoms with van der Waals surface area (Å²) in [6, 6.07) is 7.84. The Hall–Kier alpha value is -1.68. The molecule has 4 nitrogen and oxygen atoms in total. The van der Waals surface area contributed by atoms with Crippen molar-refractivity contribution in [1.82, 2.24) is 10.6 Å². The van der Waals surface area contributed by atoms with E-state index in [1.807, 2.05) is 5.32 Å². The second kappa shape index (κ2) is 6.80. The maximum Gasteiger partial charge on any atom is 0.437 e. The number of thiocarbonyl (C=S) groups is 1. The number of hydrogen-bond acceptors (Lipinski definition) is 4. The van der Waals surface area contributed by atoms with E-state index in [9.17, 15) is 23.1 Å². The fourth-order valence-electron chi connectivity index (χ4n) is 2.90. The summed E-state index contributed by atoms with van der Waals surface area (Å²) in [5, 5.41) is 16.3. The molecule has 0 saturated carbocycles. The van der Waals surface area contributed by atoms with E-state index in [0.29, 0.717) is 0 Å². The molecule has 138 valence electrons. The monoisotopic (exact) mass is 420 g/mol. The normalized spacial score (nSPS) is 26.1. The first-order valence-corrected chi connectivity index (χ1v) is 9.01. The van der Waals surface area contributed by atoms with Crippen molar-refractivity contribution in [2.45, 2.75) is 17.9 Å². The van der Waals surface area contributed by atoms with Gasteiger partial charge in [-0.1, -0.05) is 35.9 Å². The van der Waals surface area contributed by atoms with E-state index in [0.717, 1.165) is 11.3 Å². The van der Waals surface area contributed by atoms with Gasteiger partial charge in [0.05, 0.1) is 10.9 Å². The van der Waals surface area contributed by atoms with Crippen molar-refractivity contribution in [2.24, 2.45) is 5.92 Å². The Kier molecular flexibility index (Phi) is 5.00. The molecule has 10 heteroatoms. The fourth-order valence-corrected chi connectivity index (χ4v) is 4.14. The van der Waals surface area contributed by atoms with Gasteiger partial charge >= 0.3 is 6.18 Å². The molecule has 1 fully saturated rings. The summed E-state index contributed by atoms with van der Waals surface area (Å²) in [7, 11) is 0. The lowest BCUT2D eigenvalue weighted by Crippen LogP contribution is -2.72. The van der Waals surface area contributed by atoms with Crippen molar-refractivity contribution >= 4 is 46.1 Å². The minimum atomic E-state index is -5.16. The van der Waals surface area contributed by atoms with Crippen LogP contribution in [0, 0.1) is 5.92 Å². The zero-order valence-electron chi connectivity index (χ0n) is 12.9. The number of benzene rings is 1. The average Bonchev–Trinajstić information content (AvgIpc) is 3.07. The van der Waals surface area contributed by atoms with Crippen LogP contribution in [0.2, 0.25) is 5.02 Å². The maximum atomic E-state index is 13.8. The van der Waals surface area contributed by atoms with Crippen LogP contribution in [-0.2, 0) is 0 Å². The Bertz CT molecular complexity index is 844. The summed E-state index contributed by atoms with van der Waals surface area (Å²) in [4.78, 5) is 13.0. The Morgan fingerprint density at radius 1 is 1.27 bits per heavy atom. The number of hydrogen-bond donors (Lipinski definition) is 3. The van der Waals surface area contributed by atoms with Gasteiger partial charge in [0, 0.05) is 5.02 Å². The van der Waals surface area contributed by atoms with E-state index < -0.39 is 34.8 Å². The average molecular weight is 421 g/mol. The Labute approximate surface area is 161 Å². The molecule has 0 bridgehead atoms. The summed E-state index contributed by atoms with van der Waals surface area (Å²) >= 11 is 12.0. The third-order valence-electron chi connectivity index (χ3n) is 4.09. The van der Waals surface area contributed by atoms with Crippen molar-refractivity contribution in [3.05, 3.63) is 57.2 Å². The van der Waals surface area contributed by atoms with Crippen molar-refractivity contribution in [3.8, 4) is 0 Å². The zero-order chi connectivity index (χ0) is 19.1.